The second-order valence-corrected chi connectivity index (χ2v) is 13.7. The molecule has 1 unspecified atom stereocenters. The Morgan fingerprint density at radius 3 is 2.52 bits per heavy atom. The number of aliphatic hydroxyl groups excluding tert-OH is 1. The van der Waals surface area contributed by atoms with E-state index in [0.717, 1.165) is 11.1 Å². The van der Waals surface area contributed by atoms with Gasteiger partial charge in [0.15, 0.2) is 6.23 Å². The fraction of sp³-hybridized carbons (Fsp3) is 0.385. The average Bonchev–Trinajstić information content (AvgIpc) is 3.62. The molecule has 0 bridgehead atoms. The van der Waals surface area contributed by atoms with E-state index in [1.807, 2.05) is 84.9 Å². The van der Waals surface area contributed by atoms with Crippen molar-refractivity contribution in [2.24, 2.45) is 5.92 Å². The van der Waals surface area contributed by atoms with Crippen LogP contribution in [0.15, 0.2) is 108 Å². The first-order chi connectivity index (χ1) is 23.4. The molecule has 9 heteroatoms. The Labute approximate surface area is 288 Å². The number of carbonyl (C=O) groups is 2. The van der Waals surface area contributed by atoms with Crippen LogP contribution >= 0.6 is 11.8 Å². The lowest BCUT2D eigenvalue weighted by atomic mass is 9.87. The van der Waals surface area contributed by atoms with Gasteiger partial charge in [-0.3, -0.25) is 4.79 Å². The highest BCUT2D eigenvalue weighted by atomic mass is 32.2. The Morgan fingerprint density at radius 2 is 1.79 bits per heavy atom. The van der Waals surface area contributed by atoms with Gasteiger partial charge in [0.05, 0.1) is 25.6 Å². The Balaban J connectivity index is 1.30. The van der Waals surface area contributed by atoms with Crippen molar-refractivity contribution >= 4 is 29.8 Å². The summed E-state index contributed by atoms with van der Waals surface area (Å²) in [4.78, 5) is 29.9. The van der Waals surface area contributed by atoms with Gasteiger partial charge in [0.1, 0.15) is 12.1 Å². The molecule has 8 nitrogen and oxygen atoms in total. The molecule has 2 amide bonds. The van der Waals surface area contributed by atoms with Crippen molar-refractivity contribution in [3.63, 3.8) is 0 Å². The van der Waals surface area contributed by atoms with E-state index in [2.05, 4.69) is 30.4 Å². The van der Waals surface area contributed by atoms with Gasteiger partial charge >= 0.3 is 6.09 Å². The summed E-state index contributed by atoms with van der Waals surface area (Å²) in [5, 5.41) is 14.6. The highest BCUT2D eigenvalue weighted by Gasteiger charge is 2.35. The van der Waals surface area contributed by atoms with Gasteiger partial charge in [0, 0.05) is 36.5 Å². The SMILES string of the molecule is Cc1ccccc1S[C@@H]1C=COC(N(C)C(=O)[C@@H](C[C@H](O)[C@@H](CC=Cc2ccccc2)Cc2ccccc2)NC(=O)O[C@H]2CCOC2)C1. The van der Waals surface area contributed by atoms with E-state index in [-0.39, 0.29) is 29.6 Å². The van der Waals surface area contributed by atoms with E-state index in [4.69, 9.17) is 14.2 Å². The summed E-state index contributed by atoms with van der Waals surface area (Å²) in [7, 11) is 1.68. The quantitative estimate of drug-likeness (QED) is 0.195. The first kappa shape index (κ1) is 35.3. The number of ether oxygens (including phenoxy) is 3. The van der Waals surface area contributed by atoms with Gasteiger partial charge in [-0.1, -0.05) is 91.0 Å². The maximum absolute atomic E-state index is 14.1. The third-order valence-electron chi connectivity index (χ3n) is 8.78. The number of likely N-dealkylation sites (N-methyl/N-ethyl adjacent to an activating group) is 1. The van der Waals surface area contributed by atoms with Crippen LogP contribution < -0.4 is 5.32 Å². The highest BCUT2D eigenvalue weighted by Crippen LogP contribution is 2.33. The lowest BCUT2D eigenvalue weighted by molar-refractivity contribution is -0.143. The normalized spacial score (nSPS) is 20.9. The monoisotopic (exact) mass is 670 g/mol. The Morgan fingerprint density at radius 1 is 1.06 bits per heavy atom. The number of nitrogens with zero attached hydrogens (tertiary/aromatic N) is 1. The Kier molecular flexibility index (Phi) is 13.2. The number of aryl methyl sites for hydroxylation is 1. The minimum absolute atomic E-state index is 0.0140. The van der Waals surface area contributed by atoms with Gasteiger partial charge in [-0.15, -0.1) is 11.8 Å². The van der Waals surface area contributed by atoms with Crippen LogP contribution in [0.5, 0.6) is 0 Å². The van der Waals surface area contributed by atoms with Crippen LogP contribution in [-0.2, 0) is 25.4 Å². The molecule has 0 aliphatic carbocycles. The van der Waals surface area contributed by atoms with Crippen molar-refractivity contribution in [3.8, 4) is 0 Å². The molecule has 0 saturated carbocycles. The van der Waals surface area contributed by atoms with E-state index >= 15 is 0 Å². The van der Waals surface area contributed by atoms with Crippen LogP contribution in [0.25, 0.3) is 6.08 Å². The number of allylic oxidation sites excluding steroid dienone is 1. The first-order valence-corrected chi connectivity index (χ1v) is 17.5. The van der Waals surface area contributed by atoms with Crippen LogP contribution in [0.1, 0.15) is 42.4 Å². The molecule has 2 heterocycles. The molecule has 0 radical (unpaired) electrons. The lowest BCUT2D eigenvalue weighted by Gasteiger charge is -2.35. The van der Waals surface area contributed by atoms with Gasteiger partial charge in [-0.05, 0) is 54.5 Å². The molecule has 3 aromatic carbocycles. The maximum Gasteiger partial charge on any atom is 0.408 e. The fourth-order valence-electron chi connectivity index (χ4n) is 5.96. The maximum atomic E-state index is 14.1. The minimum Gasteiger partial charge on any atom is -0.478 e. The number of alkyl carbamates (subject to hydrolysis) is 1. The summed E-state index contributed by atoms with van der Waals surface area (Å²) in [6.07, 6.45) is 7.60. The second kappa shape index (κ2) is 17.9. The van der Waals surface area contributed by atoms with E-state index in [9.17, 15) is 14.7 Å². The second-order valence-electron chi connectivity index (χ2n) is 12.4. The third kappa shape index (κ3) is 10.5. The number of benzene rings is 3. The van der Waals surface area contributed by atoms with Gasteiger partial charge < -0.3 is 29.5 Å². The molecule has 254 valence electrons. The summed E-state index contributed by atoms with van der Waals surface area (Å²) in [6, 6.07) is 27.2. The van der Waals surface area contributed by atoms with E-state index < -0.39 is 24.5 Å². The van der Waals surface area contributed by atoms with Crippen molar-refractivity contribution in [2.45, 2.75) is 73.7 Å². The largest absolute Gasteiger partial charge is 0.478 e. The average molecular weight is 671 g/mol. The fourth-order valence-corrected chi connectivity index (χ4v) is 7.10. The van der Waals surface area contributed by atoms with Crippen molar-refractivity contribution in [1.82, 2.24) is 10.2 Å². The zero-order valence-electron chi connectivity index (χ0n) is 27.7. The Hall–Kier alpha value is -4.05. The molecule has 6 atom stereocenters. The third-order valence-corrected chi connectivity index (χ3v) is 10.1. The molecule has 1 saturated heterocycles. The summed E-state index contributed by atoms with van der Waals surface area (Å²) in [5.74, 6) is -0.565. The smallest absolute Gasteiger partial charge is 0.408 e. The van der Waals surface area contributed by atoms with Crippen LogP contribution in [0.3, 0.4) is 0 Å². The molecular formula is C39H46N2O6S. The summed E-state index contributed by atoms with van der Waals surface area (Å²) < 4.78 is 16.9. The molecule has 3 aromatic rings. The van der Waals surface area contributed by atoms with Gasteiger partial charge in [-0.2, -0.15) is 0 Å². The first-order valence-electron chi connectivity index (χ1n) is 16.6. The molecule has 1 fully saturated rings. The molecule has 2 N–H and O–H groups in total. The standard InChI is InChI=1S/C39H46N2O6S/c1-28-12-9-10-19-36(28)48-33-21-23-46-37(25-33)41(2)38(43)34(40-39(44)47-32-20-22-45-27-32)26-35(42)31(24-30-15-7-4-8-16-30)18-11-17-29-13-5-3-6-14-29/h3-17,19,21,23,31-35,37,42H,18,20,22,24-27H2,1-2H3,(H,40,44)/t31-,32-,33+,34+,35-,37?/m0/s1. The zero-order valence-corrected chi connectivity index (χ0v) is 28.5. The number of nitrogens with one attached hydrogen (secondary N) is 1. The van der Waals surface area contributed by atoms with Gasteiger partial charge in [0.25, 0.3) is 0 Å². The van der Waals surface area contributed by atoms with E-state index in [1.165, 1.54) is 15.4 Å². The molecule has 0 aromatic heterocycles. The van der Waals surface area contributed by atoms with Gasteiger partial charge in [-0.25, -0.2) is 4.79 Å². The number of carbonyl (C=O) groups excluding carboxylic acids is 2. The van der Waals surface area contributed by atoms with Crippen LogP contribution in [-0.4, -0.2) is 72.0 Å². The van der Waals surface area contributed by atoms with Crippen LogP contribution in [0.4, 0.5) is 4.79 Å². The number of hydrogen-bond acceptors (Lipinski definition) is 7. The van der Waals surface area contributed by atoms with Crippen molar-refractivity contribution < 1.29 is 28.9 Å². The summed E-state index contributed by atoms with van der Waals surface area (Å²) >= 11 is 1.73. The predicted molar refractivity (Wildman–Crippen MR) is 189 cm³/mol. The summed E-state index contributed by atoms with van der Waals surface area (Å²) in [5.41, 5.74) is 3.35. The molecular weight excluding hydrogens is 625 g/mol. The summed E-state index contributed by atoms with van der Waals surface area (Å²) in [6.45, 7) is 2.93. The van der Waals surface area contributed by atoms with E-state index in [1.54, 1.807) is 25.1 Å². The van der Waals surface area contributed by atoms with Crippen LogP contribution in [0, 0.1) is 12.8 Å². The molecule has 2 aliphatic heterocycles. The minimum atomic E-state index is -1.03. The zero-order chi connectivity index (χ0) is 33.7. The Bertz CT molecular complexity index is 1510. The molecule has 5 rings (SSSR count). The topological polar surface area (TPSA) is 97.3 Å². The van der Waals surface area contributed by atoms with Crippen molar-refractivity contribution in [3.05, 3.63) is 120 Å². The number of rotatable bonds is 14. The molecule has 2 aliphatic rings. The number of aliphatic hydroxyl groups is 1. The van der Waals surface area contributed by atoms with Crippen LogP contribution in [0.2, 0.25) is 0 Å². The molecule has 0 spiro atoms. The highest BCUT2D eigenvalue weighted by molar-refractivity contribution is 8.00. The number of hydrogen-bond donors (Lipinski definition) is 2. The lowest BCUT2D eigenvalue weighted by Crippen LogP contribution is -2.53. The molecule has 48 heavy (non-hydrogen) atoms. The number of thioether (sulfide) groups is 1. The van der Waals surface area contributed by atoms with Crippen molar-refractivity contribution in [1.29, 1.82) is 0 Å². The van der Waals surface area contributed by atoms with Crippen molar-refractivity contribution in [2.75, 3.05) is 20.3 Å². The van der Waals surface area contributed by atoms with E-state index in [0.29, 0.717) is 38.9 Å². The van der Waals surface area contributed by atoms with Gasteiger partial charge in [0.2, 0.25) is 5.91 Å². The number of amides is 2. The predicted octanol–water partition coefficient (Wildman–Crippen LogP) is 6.77.